The van der Waals surface area contributed by atoms with Crippen LogP contribution in [-0.2, 0) is 6.54 Å². The maximum Gasteiger partial charge on any atom is 0.0541 e. The lowest BCUT2D eigenvalue weighted by molar-refractivity contribution is 0.613. The van der Waals surface area contributed by atoms with Crippen LogP contribution in [0.15, 0.2) is 24.4 Å². The van der Waals surface area contributed by atoms with Crippen LogP contribution in [0.1, 0.15) is 25.0 Å². The summed E-state index contributed by atoms with van der Waals surface area (Å²) < 4.78 is 0. The summed E-state index contributed by atoms with van der Waals surface area (Å²) in [5.74, 6) is 0. The van der Waals surface area contributed by atoms with Gasteiger partial charge in [0.2, 0.25) is 0 Å². The van der Waals surface area contributed by atoms with Crippen LogP contribution in [0.4, 0.5) is 0 Å². The Kier molecular flexibility index (Phi) is 6.62. The molecule has 1 N–H and O–H groups in total. The van der Waals surface area contributed by atoms with Crippen LogP contribution in [0.25, 0.3) is 0 Å². The Morgan fingerprint density at radius 2 is 2.14 bits per heavy atom. The Hall–Kier alpha value is -0.410. The Labute approximate surface area is 94.3 Å². The van der Waals surface area contributed by atoms with Crippen LogP contribution >= 0.6 is 15.9 Å². The molecule has 3 heteroatoms. The van der Waals surface area contributed by atoms with Crippen LogP contribution < -0.4 is 5.32 Å². The second-order valence-corrected chi connectivity index (χ2v) is 4.04. The molecule has 2 nitrogen and oxygen atoms in total. The number of unbranched alkanes of at least 4 members (excludes halogenated alkanes) is 2. The Morgan fingerprint density at radius 3 is 2.86 bits per heavy atom. The minimum absolute atomic E-state index is 0.884. The van der Waals surface area contributed by atoms with Crippen LogP contribution in [0.3, 0.4) is 0 Å². The second kappa shape index (κ2) is 7.94. The topological polar surface area (TPSA) is 24.9 Å². The average Bonchev–Trinajstić information content (AvgIpc) is 2.25. The van der Waals surface area contributed by atoms with Crippen molar-refractivity contribution in [3.63, 3.8) is 0 Å². The van der Waals surface area contributed by atoms with E-state index in [1.807, 2.05) is 24.4 Å². The number of alkyl halides is 1. The molecule has 14 heavy (non-hydrogen) atoms. The van der Waals surface area contributed by atoms with Gasteiger partial charge in [-0.3, -0.25) is 4.98 Å². The predicted molar refractivity (Wildman–Crippen MR) is 63.6 cm³/mol. The third kappa shape index (κ3) is 5.35. The van der Waals surface area contributed by atoms with E-state index in [0.29, 0.717) is 0 Å². The quantitative estimate of drug-likeness (QED) is 0.600. The van der Waals surface area contributed by atoms with Crippen LogP contribution in [-0.4, -0.2) is 16.9 Å². The van der Waals surface area contributed by atoms with E-state index in [0.717, 1.165) is 24.1 Å². The molecule has 0 aliphatic heterocycles. The lowest BCUT2D eigenvalue weighted by atomic mass is 10.2. The van der Waals surface area contributed by atoms with E-state index in [1.165, 1.54) is 19.3 Å². The molecule has 0 fully saturated rings. The third-order valence-corrected chi connectivity index (χ3v) is 2.58. The molecule has 0 bridgehead atoms. The van der Waals surface area contributed by atoms with Crippen molar-refractivity contribution in [1.29, 1.82) is 0 Å². The molecule has 0 saturated heterocycles. The van der Waals surface area contributed by atoms with Crippen molar-refractivity contribution in [3.8, 4) is 0 Å². The minimum Gasteiger partial charge on any atom is -0.311 e. The fraction of sp³-hybridized carbons (Fsp3) is 0.545. The molecule has 1 aromatic rings. The van der Waals surface area contributed by atoms with Gasteiger partial charge in [0.05, 0.1) is 5.69 Å². The summed E-state index contributed by atoms with van der Waals surface area (Å²) in [4.78, 5) is 4.24. The summed E-state index contributed by atoms with van der Waals surface area (Å²) in [5, 5.41) is 4.50. The number of hydrogen-bond donors (Lipinski definition) is 1. The van der Waals surface area contributed by atoms with E-state index < -0.39 is 0 Å². The van der Waals surface area contributed by atoms with E-state index >= 15 is 0 Å². The highest BCUT2D eigenvalue weighted by molar-refractivity contribution is 9.09. The van der Waals surface area contributed by atoms with Gasteiger partial charge in [-0.15, -0.1) is 0 Å². The van der Waals surface area contributed by atoms with Gasteiger partial charge in [-0.05, 0) is 31.5 Å². The van der Waals surface area contributed by atoms with E-state index in [1.54, 1.807) is 0 Å². The zero-order valence-corrected chi connectivity index (χ0v) is 9.96. The summed E-state index contributed by atoms with van der Waals surface area (Å²) in [7, 11) is 0. The number of halogens is 1. The van der Waals surface area contributed by atoms with Gasteiger partial charge in [-0.25, -0.2) is 0 Å². The van der Waals surface area contributed by atoms with Crippen LogP contribution in [0.5, 0.6) is 0 Å². The molecule has 0 atom stereocenters. The fourth-order valence-corrected chi connectivity index (χ4v) is 1.64. The number of hydrogen-bond acceptors (Lipinski definition) is 2. The third-order valence-electron chi connectivity index (χ3n) is 2.02. The van der Waals surface area contributed by atoms with Gasteiger partial charge in [0.15, 0.2) is 0 Å². The van der Waals surface area contributed by atoms with Crippen LogP contribution in [0.2, 0.25) is 0 Å². The fourth-order valence-electron chi connectivity index (χ4n) is 1.24. The van der Waals surface area contributed by atoms with Crippen molar-refractivity contribution in [2.45, 2.75) is 25.8 Å². The maximum atomic E-state index is 4.24. The average molecular weight is 257 g/mol. The summed E-state index contributed by atoms with van der Waals surface area (Å²) in [6.45, 7) is 1.97. The lowest BCUT2D eigenvalue weighted by Gasteiger charge is -2.03. The van der Waals surface area contributed by atoms with Gasteiger partial charge >= 0.3 is 0 Å². The number of pyridine rings is 1. The number of nitrogens with zero attached hydrogens (tertiary/aromatic N) is 1. The van der Waals surface area contributed by atoms with Gasteiger partial charge in [-0.1, -0.05) is 28.4 Å². The molecule has 0 aliphatic carbocycles. The van der Waals surface area contributed by atoms with E-state index in [4.69, 9.17) is 0 Å². The molecule has 78 valence electrons. The van der Waals surface area contributed by atoms with Crippen molar-refractivity contribution < 1.29 is 0 Å². The van der Waals surface area contributed by atoms with E-state index in [2.05, 4.69) is 26.2 Å². The molecule has 1 rings (SSSR count). The zero-order valence-electron chi connectivity index (χ0n) is 8.38. The molecule has 0 unspecified atom stereocenters. The maximum absolute atomic E-state index is 4.24. The van der Waals surface area contributed by atoms with Gasteiger partial charge < -0.3 is 5.32 Å². The van der Waals surface area contributed by atoms with Gasteiger partial charge in [-0.2, -0.15) is 0 Å². The van der Waals surface area contributed by atoms with E-state index in [9.17, 15) is 0 Å². The first-order valence-corrected chi connectivity index (χ1v) is 6.22. The lowest BCUT2D eigenvalue weighted by Crippen LogP contribution is -2.15. The number of nitrogens with one attached hydrogen (secondary N) is 1. The smallest absolute Gasteiger partial charge is 0.0541 e. The molecule has 0 aromatic carbocycles. The molecule has 0 radical (unpaired) electrons. The van der Waals surface area contributed by atoms with Gasteiger partial charge in [0.1, 0.15) is 0 Å². The van der Waals surface area contributed by atoms with Crippen molar-refractivity contribution in [3.05, 3.63) is 30.1 Å². The second-order valence-electron chi connectivity index (χ2n) is 3.25. The van der Waals surface area contributed by atoms with Crippen LogP contribution in [0, 0.1) is 0 Å². The molecular formula is C11H17BrN2. The molecule has 0 aliphatic rings. The number of aromatic nitrogens is 1. The first-order chi connectivity index (χ1) is 6.93. The Balaban J connectivity index is 1.99. The van der Waals surface area contributed by atoms with Crippen molar-refractivity contribution in [2.75, 3.05) is 11.9 Å². The highest BCUT2D eigenvalue weighted by atomic mass is 79.9. The Morgan fingerprint density at radius 1 is 1.21 bits per heavy atom. The largest absolute Gasteiger partial charge is 0.311 e. The first kappa shape index (κ1) is 11.7. The highest BCUT2D eigenvalue weighted by Gasteiger charge is 1.91. The zero-order chi connectivity index (χ0) is 10.1. The Bertz CT molecular complexity index is 226. The standard InChI is InChI=1S/C11H17BrN2/c12-7-3-1-4-8-13-10-11-6-2-5-9-14-11/h2,5-6,9,13H,1,3-4,7-8,10H2. The van der Waals surface area contributed by atoms with E-state index in [-0.39, 0.29) is 0 Å². The monoisotopic (exact) mass is 256 g/mol. The molecule has 0 spiro atoms. The van der Waals surface area contributed by atoms with Crippen molar-refractivity contribution in [2.24, 2.45) is 0 Å². The molecule has 1 aromatic heterocycles. The normalized spacial score (nSPS) is 10.4. The summed E-state index contributed by atoms with van der Waals surface area (Å²) in [6, 6.07) is 6.01. The molecule has 0 amide bonds. The predicted octanol–water partition coefficient (Wildman–Crippen LogP) is 2.74. The molecule has 1 heterocycles. The SMILES string of the molecule is BrCCCCCNCc1ccccn1. The molecular weight excluding hydrogens is 240 g/mol. The van der Waals surface area contributed by atoms with Crippen molar-refractivity contribution >= 4 is 15.9 Å². The highest BCUT2D eigenvalue weighted by Crippen LogP contribution is 1.97. The first-order valence-electron chi connectivity index (χ1n) is 5.10. The minimum atomic E-state index is 0.884. The summed E-state index contributed by atoms with van der Waals surface area (Å²) in [5.41, 5.74) is 1.12. The number of rotatable bonds is 7. The molecule has 0 saturated carbocycles. The summed E-state index contributed by atoms with van der Waals surface area (Å²) in [6.07, 6.45) is 5.64. The summed E-state index contributed by atoms with van der Waals surface area (Å²) >= 11 is 3.42. The van der Waals surface area contributed by atoms with Gasteiger partial charge in [0, 0.05) is 18.1 Å². The van der Waals surface area contributed by atoms with Gasteiger partial charge in [0.25, 0.3) is 0 Å². The van der Waals surface area contributed by atoms with Crippen molar-refractivity contribution in [1.82, 2.24) is 10.3 Å².